The zero-order chi connectivity index (χ0) is 15.2. The smallest absolute Gasteiger partial charge is 0.404 e. The zero-order valence-electron chi connectivity index (χ0n) is 11.9. The summed E-state index contributed by atoms with van der Waals surface area (Å²) in [5, 5.41) is 8.21. The van der Waals surface area contributed by atoms with Gasteiger partial charge in [0.1, 0.15) is 6.61 Å². The Morgan fingerprint density at radius 3 is 2.30 bits per heavy atom. The first-order valence-electron chi connectivity index (χ1n) is 6.74. The van der Waals surface area contributed by atoms with Gasteiger partial charge in [-0.2, -0.15) is 0 Å². The van der Waals surface area contributed by atoms with Crippen LogP contribution in [0.15, 0.2) is 30.3 Å². The van der Waals surface area contributed by atoms with E-state index in [-0.39, 0.29) is 6.61 Å². The number of primary amides is 1. The van der Waals surface area contributed by atoms with Crippen LogP contribution in [0, 0.1) is 0 Å². The Hall–Kier alpha value is -2.04. The van der Waals surface area contributed by atoms with Crippen molar-refractivity contribution in [1.82, 2.24) is 0 Å². The molecule has 0 aromatic heterocycles. The third-order valence-corrected chi connectivity index (χ3v) is 2.47. The molecule has 0 saturated carbocycles. The average molecular weight is 281 g/mol. The molecule has 1 aromatic carbocycles. The van der Waals surface area contributed by atoms with Crippen LogP contribution in [0.2, 0.25) is 0 Å². The van der Waals surface area contributed by atoms with Crippen LogP contribution in [0.5, 0.6) is 0 Å². The number of carboxylic acid groups (broad SMARTS) is 1. The minimum Gasteiger partial charge on any atom is -0.481 e. The van der Waals surface area contributed by atoms with E-state index in [0.717, 1.165) is 24.8 Å². The molecule has 0 saturated heterocycles. The molecule has 3 N–H and O–H groups in total. The first-order chi connectivity index (χ1) is 9.56. The van der Waals surface area contributed by atoms with E-state index in [2.05, 4.69) is 11.7 Å². The number of ether oxygens (including phenoxy) is 1. The summed E-state index contributed by atoms with van der Waals surface area (Å²) in [4.78, 5) is 20.1. The van der Waals surface area contributed by atoms with Crippen LogP contribution in [0.25, 0.3) is 0 Å². The predicted molar refractivity (Wildman–Crippen MR) is 77.2 cm³/mol. The Kier molecular flexibility index (Phi) is 10.8. The van der Waals surface area contributed by atoms with Crippen molar-refractivity contribution in [2.45, 2.75) is 45.6 Å². The predicted octanol–water partition coefficient (Wildman–Crippen LogP) is 3.32. The topological polar surface area (TPSA) is 89.6 Å². The molecule has 112 valence electrons. The Bertz CT molecular complexity index is 379. The Labute approximate surface area is 119 Å². The van der Waals surface area contributed by atoms with Gasteiger partial charge < -0.3 is 15.6 Å². The quantitative estimate of drug-likeness (QED) is 0.750. The van der Waals surface area contributed by atoms with E-state index in [1.807, 2.05) is 30.3 Å². The van der Waals surface area contributed by atoms with Crippen molar-refractivity contribution in [3.05, 3.63) is 35.9 Å². The standard InChI is InChI=1S/C8H9NO2.C7H14O2/c9-8(10)11-6-7-4-2-1-3-5-7;1-2-3-4-5-6-7(8)9/h1-5H,6H2,(H2,9,10);2-6H2,1H3,(H,8,9). The maximum atomic E-state index is 10.2. The summed E-state index contributed by atoms with van der Waals surface area (Å²) in [6.07, 6.45) is 3.81. The van der Waals surface area contributed by atoms with Crippen LogP contribution >= 0.6 is 0 Å². The summed E-state index contributed by atoms with van der Waals surface area (Å²) in [5.41, 5.74) is 5.72. The SMILES string of the molecule is CCCCCCC(=O)O.NC(=O)OCc1ccccc1. The van der Waals surface area contributed by atoms with Crippen LogP contribution in [-0.4, -0.2) is 17.2 Å². The molecule has 20 heavy (non-hydrogen) atoms. The molecule has 0 fully saturated rings. The van der Waals surface area contributed by atoms with Crippen LogP contribution < -0.4 is 5.73 Å². The van der Waals surface area contributed by atoms with E-state index in [1.54, 1.807) is 0 Å². The number of benzene rings is 1. The number of unbranched alkanes of at least 4 members (excludes halogenated alkanes) is 3. The number of carbonyl (C=O) groups is 2. The maximum absolute atomic E-state index is 10.2. The summed E-state index contributed by atoms with van der Waals surface area (Å²) in [6, 6.07) is 9.37. The summed E-state index contributed by atoms with van der Waals surface area (Å²) < 4.78 is 4.57. The highest BCUT2D eigenvalue weighted by Gasteiger charge is 1.94. The molecule has 0 radical (unpaired) electrons. The highest BCUT2D eigenvalue weighted by Crippen LogP contribution is 2.01. The average Bonchev–Trinajstić information content (AvgIpc) is 2.43. The van der Waals surface area contributed by atoms with Gasteiger partial charge in [-0.25, -0.2) is 4.79 Å². The zero-order valence-corrected chi connectivity index (χ0v) is 11.9. The molecule has 0 heterocycles. The number of amides is 1. The van der Waals surface area contributed by atoms with Crippen LogP contribution in [-0.2, 0) is 16.1 Å². The van der Waals surface area contributed by atoms with Gasteiger partial charge in [-0.05, 0) is 12.0 Å². The van der Waals surface area contributed by atoms with E-state index >= 15 is 0 Å². The van der Waals surface area contributed by atoms with Gasteiger partial charge in [0.15, 0.2) is 0 Å². The highest BCUT2D eigenvalue weighted by atomic mass is 16.5. The number of hydrogen-bond donors (Lipinski definition) is 2. The molecule has 0 bridgehead atoms. The van der Waals surface area contributed by atoms with Gasteiger partial charge in [0.2, 0.25) is 0 Å². The second-order valence-corrected chi connectivity index (χ2v) is 4.30. The Balaban J connectivity index is 0.000000370. The van der Waals surface area contributed by atoms with Gasteiger partial charge in [0.25, 0.3) is 0 Å². The first-order valence-corrected chi connectivity index (χ1v) is 6.74. The van der Waals surface area contributed by atoms with Crippen LogP contribution in [0.3, 0.4) is 0 Å². The normalized spacial score (nSPS) is 9.25. The molecule has 1 amide bonds. The van der Waals surface area contributed by atoms with Gasteiger partial charge in [-0.3, -0.25) is 4.79 Å². The van der Waals surface area contributed by atoms with Crippen molar-refractivity contribution in [3.63, 3.8) is 0 Å². The summed E-state index contributed by atoms with van der Waals surface area (Å²) >= 11 is 0. The van der Waals surface area contributed by atoms with Crippen LogP contribution in [0.4, 0.5) is 4.79 Å². The number of carboxylic acids is 1. The molecular formula is C15H23NO4. The Morgan fingerprint density at radius 2 is 1.80 bits per heavy atom. The number of aliphatic carboxylic acids is 1. The minimum atomic E-state index is -0.742. The maximum Gasteiger partial charge on any atom is 0.404 e. The molecule has 5 heteroatoms. The summed E-state index contributed by atoms with van der Waals surface area (Å²) in [6.45, 7) is 2.36. The van der Waals surface area contributed by atoms with Crippen molar-refractivity contribution in [1.29, 1.82) is 0 Å². The summed E-state index contributed by atoms with van der Waals surface area (Å²) in [7, 11) is 0. The fourth-order valence-corrected chi connectivity index (χ4v) is 1.43. The molecule has 0 spiro atoms. The molecule has 5 nitrogen and oxygen atoms in total. The minimum absolute atomic E-state index is 0.246. The molecule has 1 aromatic rings. The number of rotatable bonds is 7. The fourth-order valence-electron chi connectivity index (χ4n) is 1.43. The lowest BCUT2D eigenvalue weighted by Crippen LogP contribution is -2.12. The monoisotopic (exact) mass is 281 g/mol. The molecular weight excluding hydrogens is 258 g/mol. The third kappa shape index (κ3) is 12.4. The van der Waals surface area contributed by atoms with Crippen molar-refractivity contribution in [2.75, 3.05) is 0 Å². The van der Waals surface area contributed by atoms with Gasteiger partial charge in [0, 0.05) is 6.42 Å². The first kappa shape index (κ1) is 18.0. The molecule has 0 aliphatic carbocycles. The lowest BCUT2D eigenvalue weighted by atomic mass is 10.2. The lowest BCUT2D eigenvalue weighted by molar-refractivity contribution is -0.137. The van der Waals surface area contributed by atoms with Gasteiger partial charge in [-0.1, -0.05) is 56.5 Å². The second kappa shape index (κ2) is 12.0. The number of nitrogens with two attached hydrogens (primary N) is 1. The largest absolute Gasteiger partial charge is 0.481 e. The molecule has 0 aliphatic rings. The highest BCUT2D eigenvalue weighted by molar-refractivity contribution is 5.66. The van der Waals surface area contributed by atoms with Gasteiger partial charge in [0.05, 0.1) is 0 Å². The van der Waals surface area contributed by atoms with Crippen molar-refractivity contribution >= 4 is 12.1 Å². The lowest BCUT2D eigenvalue weighted by Gasteiger charge is -1.99. The van der Waals surface area contributed by atoms with E-state index in [4.69, 9.17) is 10.8 Å². The van der Waals surface area contributed by atoms with Gasteiger partial charge >= 0.3 is 12.1 Å². The van der Waals surface area contributed by atoms with Crippen molar-refractivity contribution < 1.29 is 19.4 Å². The van der Waals surface area contributed by atoms with E-state index < -0.39 is 12.1 Å². The van der Waals surface area contributed by atoms with Gasteiger partial charge in [-0.15, -0.1) is 0 Å². The van der Waals surface area contributed by atoms with Crippen molar-refractivity contribution in [2.24, 2.45) is 5.73 Å². The van der Waals surface area contributed by atoms with Crippen molar-refractivity contribution in [3.8, 4) is 0 Å². The number of hydrogen-bond acceptors (Lipinski definition) is 3. The fraction of sp³-hybridized carbons (Fsp3) is 0.467. The second-order valence-electron chi connectivity index (χ2n) is 4.30. The Morgan fingerprint density at radius 1 is 1.15 bits per heavy atom. The molecule has 0 unspecified atom stereocenters. The molecule has 0 atom stereocenters. The number of carbonyl (C=O) groups excluding carboxylic acids is 1. The third-order valence-electron chi connectivity index (χ3n) is 2.47. The summed E-state index contributed by atoms with van der Waals surface area (Å²) in [5.74, 6) is -0.675. The van der Waals surface area contributed by atoms with E-state index in [9.17, 15) is 9.59 Å². The van der Waals surface area contributed by atoms with E-state index in [1.165, 1.54) is 6.42 Å². The molecule has 1 rings (SSSR count). The molecule has 0 aliphatic heterocycles. The van der Waals surface area contributed by atoms with Crippen LogP contribution in [0.1, 0.15) is 44.6 Å². The van der Waals surface area contributed by atoms with E-state index in [0.29, 0.717) is 6.42 Å².